The van der Waals surface area contributed by atoms with Crippen LogP contribution in [0.5, 0.6) is 6.01 Å². The molecule has 0 spiro atoms. The minimum absolute atomic E-state index is 0.255. The molecular formula is C26H30N4O4. The Hall–Kier alpha value is -3.62. The summed E-state index contributed by atoms with van der Waals surface area (Å²) in [4.78, 5) is 4.51. The van der Waals surface area contributed by atoms with E-state index in [-0.39, 0.29) is 6.61 Å². The van der Waals surface area contributed by atoms with Gasteiger partial charge in [-0.15, -0.1) is 5.10 Å². The van der Waals surface area contributed by atoms with Crippen LogP contribution in [0.25, 0.3) is 17.3 Å². The highest BCUT2D eigenvalue weighted by molar-refractivity contribution is 5.54. The number of hydrogen-bond acceptors (Lipinski definition) is 7. The molecule has 8 nitrogen and oxygen atoms in total. The van der Waals surface area contributed by atoms with E-state index in [1.807, 2.05) is 66.7 Å². The van der Waals surface area contributed by atoms with Crippen molar-refractivity contribution in [1.82, 2.24) is 14.8 Å². The Morgan fingerprint density at radius 2 is 1.79 bits per heavy atom. The normalized spacial score (nSPS) is 12.1. The number of rotatable bonds is 12. The predicted molar refractivity (Wildman–Crippen MR) is 130 cm³/mol. The van der Waals surface area contributed by atoms with Crippen LogP contribution in [0.4, 0.5) is 5.69 Å². The summed E-state index contributed by atoms with van der Waals surface area (Å²) in [5, 5.41) is 18.0. The second-order valence-electron chi connectivity index (χ2n) is 8.39. The molecule has 2 N–H and O–H groups in total. The van der Waals surface area contributed by atoms with Crippen LogP contribution < -0.4 is 10.1 Å². The van der Waals surface area contributed by atoms with Crippen molar-refractivity contribution in [3.63, 3.8) is 0 Å². The Kier molecular flexibility index (Phi) is 7.95. The molecule has 178 valence electrons. The van der Waals surface area contributed by atoms with E-state index in [1.165, 1.54) is 0 Å². The number of anilines is 1. The van der Waals surface area contributed by atoms with Gasteiger partial charge in [-0.2, -0.15) is 4.98 Å². The topological polar surface area (TPSA) is 94.6 Å². The summed E-state index contributed by atoms with van der Waals surface area (Å²) in [5.74, 6) is 1.53. The molecule has 0 saturated carbocycles. The summed E-state index contributed by atoms with van der Waals surface area (Å²) in [6.45, 7) is 5.78. The first kappa shape index (κ1) is 23.5. The minimum Gasteiger partial charge on any atom is -0.462 e. The molecule has 2 aromatic carbocycles. The zero-order valence-corrected chi connectivity index (χ0v) is 19.4. The Morgan fingerprint density at radius 3 is 2.50 bits per heavy atom. The Bertz CT molecular complexity index is 1130. The average Bonchev–Trinajstić information content (AvgIpc) is 3.53. The summed E-state index contributed by atoms with van der Waals surface area (Å²) in [7, 11) is 0. The van der Waals surface area contributed by atoms with E-state index in [0.717, 1.165) is 16.9 Å². The van der Waals surface area contributed by atoms with Gasteiger partial charge in [-0.05, 0) is 47.9 Å². The van der Waals surface area contributed by atoms with E-state index in [9.17, 15) is 5.11 Å². The fraction of sp³-hybridized carbons (Fsp3) is 0.308. The molecule has 0 bridgehead atoms. The molecule has 0 saturated heterocycles. The van der Waals surface area contributed by atoms with Crippen molar-refractivity contribution in [2.24, 2.45) is 5.92 Å². The number of aromatic nitrogens is 3. The first-order valence-electron chi connectivity index (χ1n) is 11.4. The van der Waals surface area contributed by atoms with Gasteiger partial charge in [0.1, 0.15) is 0 Å². The molecule has 0 aliphatic rings. The molecule has 0 aliphatic heterocycles. The van der Waals surface area contributed by atoms with Gasteiger partial charge in [0.05, 0.1) is 37.9 Å². The van der Waals surface area contributed by atoms with Crippen LogP contribution >= 0.6 is 0 Å². The molecule has 0 fully saturated rings. The van der Waals surface area contributed by atoms with Gasteiger partial charge in [-0.25, -0.2) is 4.68 Å². The molecule has 4 rings (SSSR count). The molecule has 0 amide bonds. The van der Waals surface area contributed by atoms with Crippen molar-refractivity contribution in [2.45, 2.75) is 26.6 Å². The summed E-state index contributed by atoms with van der Waals surface area (Å²) in [5.41, 5.74) is 2.77. The van der Waals surface area contributed by atoms with E-state index in [0.29, 0.717) is 43.3 Å². The summed E-state index contributed by atoms with van der Waals surface area (Å²) >= 11 is 0. The van der Waals surface area contributed by atoms with Crippen molar-refractivity contribution >= 4 is 5.69 Å². The summed E-state index contributed by atoms with van der Waals surface area (Å²) in [6.07, 6.45) is 0.982. The Morgan fingerprint density at radius 1 is 1.00 bits per heavy atom. The number of nitrogens with zero attached hydrogens (tertiary/aromatic N) is 3. The molecule has 0 radical (unpaired) electrons. The number of aliphatic hydroxyl groups excluding tert-OH is 1. The zero-order valence-electron chi connectivity index (χ0n) is 19.4. The van der Waals surface area contributed by atoms with E-state index >= 15 is 0 Å². The van der Waals surface area contributed by atoms with Crippen molar-refractivity contribution in [1.29, 1.82) is 0 Å². The van der Waals surface area contributed by atoms with Gasteiger partial charge in [-0.3, -0.25) is 0 Å². The highest BCUT2D eigenvalue weighted by Crippen LogP contribution is 2.25. The largest absolute Gasteiger partial charge is 0.462 e. The highest BCUT2D eigenvalue weighted by atomic mass is 16.5. The lowest BCUT2D eigenvalue weighted by atomic mass is 10.2. The van der Waals surface area contributed by atoms with Crippen molar-refractivity contribution in [2.75, 3.05) is 25.1 Å². The maximum atomic E-state index is 10.2. The van der Waals surface area contributed by atoms with Crippen LogP contribution in [0.15, 0.2) is 77.4 Å². The molecular weight excluding hydrogens is 432 g/mol. The average molecular weight is 463 g/mol. The number of hydrogen-bond donors (Lipinski definition) is 2. The predicted octanol–water partition coefficient (Wildman–Crippen LogP) is 4.55. The van der Waals surface area contributed by atoms with Gasteiger partial charge < -0.3 is 24.3 Å². The molecule has 1 unspecified atom stereocenters. The molecule has 2 heterocycles. The second-order valence-corrected chi connectivity index (χ2v) is 8.39. The lowest BCUT2D eigenvalue weighted by Gasteiger charge is -2.14. The number of furan rings is 1. The maximum Gasteiger partial charge on any atom is 0.336 e. The Balaban J connectivity index is 1.35. The molecule has 1 atom stereocenters. The van der Waals surface area contributed by atoms with Crippen molar-refractivity contribution in [3.05, 3.63) is 78.6 Å². The van der Waals surface area contributed by atoms with Gasteiger partial charge in [-0.1, -0.05) is 44.2 Å². The van der Waals surface area contributed by atoms with Crippen LogP contribution in [0.2, 0.25) is 0 Å². The first-order chi connectivity index (χ1) is 16.6. The minimum atomic E-state index is -0.620. The van der Waals surface area contributed by atoms with E-state index in [1.54, 1.807) is 10.9 Å². The van der Waals surface area contributed by atoms with Gasteiger partial charge in [0.2, 0.25) is 5.82 Å². The third-order valence-corrected chi connectivity index (χ3v) is 4.95. The molecule has 34 heavy (non-hydrogen) atoms. The van der Waals surface area contributed by atoms with Gasteiger partial charge in [0, 0.05) is 12.2 Å². The smallest absolute Gasteiger partial charge is 0.336 e. The summed E-state index contributed by atoms with van der Waals surface area (Å²) < 4.78 is 18.6. The lowest BCUT2D eigenvalue weighted by molar-refractivity contribution is 0.0348. The number of benzene rings is 2. The van der Waals surface area contributed by atoms with E-state index < -0.39 is 6.10 Å². The van der Waals surface area contributed by atoms with Gasteiger partial charge in [0.15, 0.2) is 5.76 Å². The quantitative estimate of drug-likeness (QED) is 0.319. The maximum absolute atomic E-state index is 10.2. The summed E-state index contributed by atoms with van der Waals surface area (Å²) in [6, 6.07) is 21.6. The van der Waals surface area contributed by atoms with E-state index in [4.69, 9.17) is 13.9 Å². The second kappa shape index (κ2) is 11.5. The van der Waals surface area contributed by atoms with Crippen molar-refractivity contribution in [3.8, 4) is 23.3 Å². The Labute approximate surface area is 199 Å². The van der Waals surface area contributed by atoms with Crippen LogP contribution in [0.1, 0.15) is 19.4 Å². The standard InChI is InChI=1S/C26H30N4O4/c1-19(2)16-34-26-28-25(24-9-6-14-33-24)30(29-26)22-12-10-21(11-13-22)27-15-23(31)18-32-17-20-7-4-3-5-8-20/h3-14,19,23,27,31H,15-18H2,1-2H3. The lowest BCUT2D eigenvalue weighted by Crippen LogP contribution is -2.24. The monoisotopic (exact) mass is 462 g/mol. The fourth-order valence-electron chi connectivity index (χ4n) is 3.24. The number of aliphatic hydroxyl groups is 1. The fourth-order valence-corrected chi connectivity index (χ4v) is 3.24. The van der Waals surface area contributed by atoms with Crippen LogP contribution in [-0.2, 0) is 11.3 Å². The van der Waals surface area contributed by atoms with Crippen LogP contribution in [-0.4, -0.2) is 45.7 Å². The van der Waals surface area contributed by atoms with Gasteiger partial charge in [0.25, 0.3) is 0 Å². The number of ether oxygens (including phenoxy) is 2. The van der Waals surface area contributed by atoms with Gasteiger partial charge >= 0.3 is 6.01 Å². The molecule has 2 aromatic heterocycles. The molecule has 4 aromatic rings. The molecule has 8 heteroatoms. The highest BCUT2D eigenvalue weighted by Gasteiger charge is 2.17. The third-order valence-electron chi connectivity index (χ3n) is 4.95. The van der Waals surface area contributed by atoms with Crippen LogP contribution in [0.3, 0.4) is 0 Å². The third kappa shape index (κ3) is 6.46. The van der Waals surface area contributed by atoms with Crippen molar-refractivity contribution < 1.29 is 19.0 Å². The van der Waals surface area contributed by atoms with E-state index in [2.05, 4.69) is 29.2 Å². The zero-order chi connectivity index (χ0) is 23.8. The first-order valence-corrected chi connectivity index (χ1v) is 11.4. The molecule has 0 aliphatic carbocycles. The number of nitrogens with one attached hydrogen (secondary N) is 1. The van der Waals surface area contributed by atoms with Crippen LogP contribution in [0, 0.1) is 5.92 Å². The SMILES string of the molecule is CC(C)COc1nc(-c2ccco2)n(-c2ccc(NCC(O)COCc3ccccc3)cc2)n1.